The van der Waals surface area contributed by atoms with Crippen molar-refractivity contribution in [2.24, 2.45) is 0 Å². The number of thioether (sulfide) groups is 1. The van der Waals surface area contributed by atoms with Gasteiger partial charge in [0.15, 0.2) is 0 Å². The summed E-state index contributed by atoms with van der Waals surface area (Å²) in [6, 6.07) is 14.3. The highest BCUT2D eigenvalue weighted by molar-refractivity contribution is 7.99. The molecule has 3 rings (SSSR count). The maximum Gasteiger partial charge on any atom is 0.230 e. The van der Waals surface area contributed by atoms with E-state index in [0.29, 0.717) is 5.75 Å². The first kappa shape index (κ1) is 14.1. The van der Waals surface area contributed by atoms with E-state index >= 15 is 0 Å². The molecule has 108 valence electrons. The average molecular weight is 298 g/mol. The Kier molecular flexibility index (Phi) is 4.55. The van der Waals surface area contributed by atoms with Gasteiger partial charge in [0.1, 0.15) is 0 Å². The molecule has 1 aliphatic rings. The fourth-order valence-electron chi connectivity index (χ4n) is 2.71. The number of hydrogen-bond acceptors (Lipinski definition) is 3. The molecular formula is C17H18N2OS. The van der Waals surface area contributed by atoms with Crippen molar-refractivity contribution in [3.8, 4) is 0 Å². The van der Waals surface area contributed by atoms with E-state index in [1.165, 1.54) is 22.9 Å². The van der Waals surface area contributed by atoms with E-state index in [1.807, 2.05) is 24.3 Å². The van der Waals surface area contributed by atoms with Crippen LogP contribution in [0.5, 0.6) is 0 Å². The van der Waals surface area contributed by atoms with Gasteiger partial charge in [0.05, 0.1) is 16.8 Å². The number of pyridine rings is 1. The first-order valence-electron chi connectivity index (χ1n) is 7.24. The molecule has 1 aromatic heterocycles. The molecule has 4 heteroatoms. The van der Waals surface area contributed by atoms with Gasteiger partial charge in [0, 0.05) is 6.20 Å². The van der Waals surface area contributed by atoms with Crippen LogP contribution >= 0.6 is 11.8 Å². The SMILES string of the molecule is O=C(CSc1ccccn1)N[C@@H]1CCCc2ccccc21. The summed E-state index contributed by atoms with van der Waals surface area (Å²) in [5, 5.41) is 4.04. The van der Waals surface area contributed by atoms with Gasteiger partial charge < -0.3 is 5.32 Å². The number of hydrogen-bond donors (Lipinski definition) is 1. The number of amides is 1. The summed E-state index contributed by atoms with van der Waals surface area (Å²) < 4.78 is 0. The maximum atomic E-state index is 12.1. The highest BCUT2D eigenvalue weighted by Gasteiger charge is 2.21. The summed E-state index contributed by atoms with van der Waals surface area (Å²) in [5.74, 6) is 0.489. The van der Waals surface area contributed by atoms with Gasteiger partial charge in [-0.1, -0.05) is 42.1 Å². The van der Waals surface area contributed by atoms with Crippen molar-refractivity contribution in [2.45, 2.75) is 30.3 Å². The van der Waals surface area contributed by atoms with E-state index < -0.39 is 0 Å². The average Bonchev–Trinajstić information content (AvgIpc) is 2.54. The molecule has 3 nitrogen and oxygen atoms in total. The summed E-state index contributed by atoms with van der Waals surface area (Å²) in [5.41, 5.74) is 2.64. The van der Waals surface area contributed by atoms with Crippen LogP contribution in [0.25, 0.3) is 0 Å². The lowest BCUT2D eigenvalue weighted by atomic mass is 9.88. The predicted octanol–water partition coefficient (Wildman–Crippen LogP) is 3.37. The molecule has 1 atom stereocenters. The molecule has 0 saturated carbocycles. The van der Waals surface area contributed by atoms with Crippen molar-refractivity contribution in [2.75, 3.05) is 5.75 Å². The molecule has 0 fully saturated rings. The Hall–Kier alpha value is -1.81. The minimum absolute atomic E-state index is 0.0763. The van der Waals surface area contributed by atoms with Gasteiger partial charge in [-0.25, -0.2) is 4.98 Å². The summed E-state index contributed by atoms with van der Waals surface area (Å²) in [4.78, 5) is 16.4. The molecule has 1 N–H and O–H groups in total. The number of nitrogens with one attached hydrogen (secondary N) is 1. The van der Waals surface area contributed by atoms with Crippen LogP contribution in [0.2, 0.25) is 0 Å². The van der Waals surface area contributed by atoms with Gasteiger partial charge in [-0.3, -0.25) is 4.79 Å². The topological polar surface area (TPSA) is 42.0 Å². The second-order valence-electron chi connectivity index (χ2n) is 5.17. The molecule has 2 aromatic rings. The Morgan fingerprint density at radius 1 is 1.24 bits per heavy atom. The standard InChI is InChI=1S/C17H18N2OS/c20-16(12-21-17-10-3-4-11-18-17)19-15-9-5-7-13-6-1-2-8-14(13)15/h1-4,6,8,10-11,15H,5,7,9,12H2,(H,19,20)/t15-/m1/s1. The van der Waals surface area contributed by atoms with Crippen LogP contribution in [-0.2, 0) is 11.2 Å². The zero-order valence-corrected chi connectivity index (χ0v) is 12.6. The van der Waals surface area contributed by atoms with Crippen molar-refractivity contribution in [1.82, 2.24) is 10.3 Å². The normalized spacial score (nSPS) is 17.0. The second kappa shape index (κ2) is 6.76. The third kappa shape index (κ3) is 3.64. The minimum Gasteiger partial charge on any atom is -0.349 e. The Labute approximate surface area is 129 Å². The number of carbonyl (C=O) groups excluding carboxylic acids is 1. The quantitative estimate of drug-likeness (QED) is 0.880. The Morgan fingerprint density at radius 3 is 2.95 bits per heavy atom. The summed E-state index contributed by atoms with van der Waals surface area (Å²) in [6.45, 7) is 0. The van der Waals surface area contributed by atoms with Gasteiger partial charge in [-0.2, -0.15) is 0 Å². The Bertz CT molecular complexity index is 615. The summed E-state index contributed by atoms with van der Waals surface area (Å²) in [7, 11) is 0. The van der Waals surface area contributed by atoms with E-state index in [9.17, 15) is 4.79 Å². The third-order valence-electron chi connectivity index (χ3n) is 3.69. The number of aromatic nitrogens is 1. The van der Waals surface area contributed by atoms with Gasteiger partial charge in [0.2, 0.25) is 5.91 Å². The number of rotatable bonds is 4. The monoisotopic (exact) mass is 298 g/mol. The highest BCUT2D eigenvalue weighted by Crippen LogP contribution is 2.29. The van der Waals surface area contributed by atoms with Gasteiger partial charge >= 0.3 is 0 Å². The number of fused-ring (bicyclic) bond motifs is 1. The third-order valence-corrected chi connectivity index (χ3v) is 4.64. The molecule has 0 unspecified atom stereocenters. The Balaban J connectivity index is 1.58. The minimum atomic E-state index is 0.0763. The van der Waals surface area contributed by atoms with Gasteiger partial charge in [0.25, 0.3) is 0 Å². The molecule has 21 heavy (non-hydrogen) atoms. The fraction of sp³-hybridized carbons (Fsp3) is 0.294. The number of aryl methyl sites for hydroxylation is 1. The summed E-state index contributed by atoms with van der Waals surface area (Å²) >= 11 is 1.48. The lowest BCUT2D eigenvalue weighted by Crippen LogP contribution is -2.32. The van der Waals surface area contributed by atoms with Crippen LogP contribution in [0.1, 0.15) is 30.0 Å². The first-order valence-corrected chi connectivity index (χ1v) is 8.22. The highest BCUT2D eigenvalue weighted by atomic mass is 32.2. The molecule has 0 aliphatic heterocycles. The second-order valence-corrected chi connectivity index (χ2v) is 6.16. The largest absolute Gasteiger partial charge is 0.349 e. The smallest absolute Gasteiger partial charge is 0.230 e. The molecule has 0 bridgehead atoms. The Morgan fingerprint density at radius 2 is 2.10 bits per heavy atom. The van der Waals surface area contributed by atoms with Crippen LogP contribution in [0.3, 0.4) is 0 Å². The molecule has 0 saturated heterocycles. The predicted molar refractivity (Wildman–Crippen MR) is 85.2 cm³/mol. The van der Waals surface area contributed by atoms with Crippen molar-refractivity contribution >= 4 is 17.7 Å². The van der Waals surface area contributed by atoms with Gasteiger partial charge in [-0.15, -0.1) is 0 Å². The molecule has 1 aliphatic carbocycles. The zero-order valence-electron chi connectivity index (χ0n) is 11.8. The van der Waals surface area contributed by atoms with Gasteiger partial charge in [-0.05, 0) is 42.5 Å². The van der Waals surface area contributed by atoms with Crippen LogP contribution < -0.4 is 5.32 Å². The van der Waals surface area contributed by atoms with Crippen molar-refractivity contribution in [3.05, 3.63) is 59.8 Å². The van der Waals surface area contributed by atoms with E-state index in [4.69, 9.17) is 0 Å². The fourth-order valence-corrected chi connectivity index (χ4v) is 3.38. The van der Waals surface area contributed by atoms with E-state index in [-0.39, 0.29) is 11.9 Å². The lowest BCUT2D eigenvalue weighted by molar-refractivity contribution is -0.119. The van der Waals surface area contributed by atoms with E-state index in [1.54, 1.807) is 6.20 Å². The van der Waals surface area contributed by atoms with Crippen LogP contribution in [0, 0.1) is 0 Å². The van der Waals surface area contributed by atoms with Crippen molar-refractivity contribution in [3.63, 3.8) is 0 Å². The molecule has 1 heterocycles. The molecule has 1 amide bonds. The van der Waals surface area contributed by atoms with Crippen LogP contribution in [-0.4, -0.2) is 16.6 Å². The zero-order chi connectivity index (χ0) is 14.5. The molecule has 1 aromatic carbocycles. The van der Waals surface area contributed by atoms with Crippen molar-refractivity contribution in [1.29, 1.82) is 0 Å². The van der Waals surface area contributed by atoms with Crippen LogP contribution in [0.15, 0.2) is 53.7 Å². The number of benzene rings is 1. The van der Waals surface area contributed by atoms with Crippen molar-refractivity contribution < 1.29 is 4.79 Å². The summed E-state index contributed by atoms with van der Waals surface area (Å²) in [6.07, 6.45) is 5.02. The molecule has 0 spiro atoms. The maximum absolute atomic E-state index is 12.1. The number of nitrogens with zero attached hydrogens (tertiary/aromatic N) is 1. The number of carbonyl (C=O) groups is 1. The first-order chi connectivity index (χ1) is 10.3. The molecular weight excluding hydrogens is 280 g/mol. The molecule has 0 radical (unpaired) electrons. The van der Waals surface area contributed by atoms with Crippen LogP contribution in [0.4, 0.5) is 0 Å². The van der Waals surface area contributed by atoms with E-state index in [0.717, 1.165) is 24.3 Å². The van der Waals surface area contributed by atoms with E-state index in [2.05, 4.69) is 28.5 Å². The lowest BCUT2D eigenvalue weighted by Gasteiger charge is -2.26.